The molecule has 2 rings (SSSR count). The van der Waals surface area contributed by atoms with Crippen LogP contribution < -0.4 is 4.74 Å². The number of benzene rings is 1. The summed E-state index contributed by atoms with van der Waals surface area (Å²) in [5.41, 5.74) is -0.306. The molecule has 0 atom stereocenters. The van der Waals surface area contributed by atoms with Crippen LogP contribution in [0.4, 0.5) is 10.1 Å². The van der Waals surface area contributed by atoms with Crippen molar-refractivity contribution in [2.24, 2.45) is 5.92 Å². The smallest absolute Gasteiger partial charge is 0.313 e. The molecule has 4 nitrogen and oxygen atoms in total. The van der Waals surface area contributed by atoms with Crippen LogP contribution in [-0.4, -0.2) is 11.5 Å². The van der Waals surface area contributed by atoms with E-state index in [1.165, 1.54) is 18.6 Å². The number of rotatable bonds is 4. The highest BCUT2D eigenvalue weighted by atomic mass is 19.1. The number of hydrogen-bond donors (Lipinski definition) is 0. The third kappa shape index (κ3) is 2.29. The van der Waals surface area contributed by atoms with Crippen LogP contribution >= 0.6 is 0 Å². The van der Waals surface area contributed by atoms with Crippen molar-refractivity contribution in [3.8, 4) is 5.75 Å². The Labute approximate surface area is 92.2 Å². The van der Waals surface area contributed by atoms with Gasteiger partial charge >= 0.3 is 5.69 Å². The number of nitro benzene ring substituents is 1. The second-order valence-electron chi connectivity index (χ2n) is 3.98. The van der Waals surface area contributed by atoms with Gasteiger partial charge in [0.05, 0.1) is 17.6 Å². The standard InChI is InChI=1S/C11H12FNO3/c12-9-4-5-11(10(6-9)13(14)15)16-7-8-2-1-3-8/h4-6,8H,1-3,7H2. The van der Waals surface area contributed by atoms with Crippen molar-refractivity contribution in [1.29, 1.82) is 0 Å². The van der Waals surface area contributed by atoms with E-state index in [-0.39, 0.29) is 11.4 Å². The molecule has 1 fully saturated rings. The molecular formula is C11H12FNO3. The Morgan fingerprint density at radius 2 is 2.25 bits per heavy atom. The summed E-state index contributed by atoms with van der Waals surface area (Å²) in [5, 5.41) is 10.7. The summed E-state index contributed by atoms with van der Waals surface area (Å²) in [6.07, 6.45) is 3.41. The highest BCUT2D eigenvalue weighted by Crippen LogP contribution is 2.31. The number of halogens is 1. The van der Waals surface area contributed by atoms with Gasteiger partial charge < -0.3 is 4.74 Å². The Morgan fingerprint density at radius 1 is 1.50 bits per heavy atom. The van der Waals surface area contributed by atoms with E-state index in [0.29, 0.717) is 12.5 Å². The average Bonchev–Trinajstić information content (AvgIpc) is 2.17. The van der Waals surface area contributed by atoms with Crippen LogP contribution in [0.15, 0.2) is 18.2 Å². The van der Waals surface area contributed by atoms with Crippen LogP contribution in [0.25, 0.3) is 0 Å². The lowest BCUT2D eigenvalue weighted by Gasteiger charge is -2.24. The Balaban J connectivity index is 2.08. The first-order valence-electron chi connectivity index (χ1n) is 5.23. The van der Waals surface area contributed by atoms with E-state index in [1.54, 1.807) is 0 Å². The van der Waals surface area contributed by atoms with Gasteiger partial charge in [-0.15, -0.1) is 0 Å². The number of nitro groups is 1. The van der Waals surface area contributed by atoms with E-state index in [0.717, 1.165) is 18.9 Å². The summed E-state index contributed by atoms with van der Waals surface area (Å²) in [4.78, 5) is 10.0. The van der Waals surface area contributed by atoms with Crippen LogP contribution in [0.1, 0.15) is 19.3 Å². The molecule has 86 valence electrons. The molecule has 0 heterocycles. The van der Waals surface area contributed by atoms with Crippen LogP contribution in [0.2, 0.25) is 0 Å². The Bertz CT molecular complexity index is 404. The number of hydrogen-bond acceptors (Lipinski definition) is 3. The monoisotopic (exact) mass is 225 g/mol. The average molecular weight is 225 g/mol. The molecule has 1 aromatic rings. The fraction of sp³-hybridized carbons (Fsp3) is 0.455. The first-order valence-corrected chi connectivity index (χ1v) is 5.23. The third-order valence-electron chi connectivity index (χ3n) is 2.82. The van der Waals surface area contributed by atoms with Crippen molar-refractivity contribution < 1.29 is 14.1 Å². The van der Waals surface area contributed by atoms with E-state index in [1.807, 2.05) is 0 Å². The molecule has 0 saturated heterocycles. The fourth-order valence-corrected chi connectivity index (χ4v) is 1.62. The van der Waals surface area contributed by atoms with Gasteiger partial charge in [0.2, 0.25) is 0 Å². The normalized spacial score (nSPS) is 15.6. The molecule has 0 aliphatic heterocycles. The SMILES string of the molecule is O=[N+]([O-])c1cc(F)ccc1OCC1CCC1. The largest absolute Gasteiger partial charge is 0.487 e. The van der Waals surface area contributed by atoms with Gasteiger partial charge in [0.15, 0.2) is 5.75 Å². The molecule has 0 aromatic heterocycles. The maximum atomic E-state index is 12.8. The van der Waals surface area contributed by atoms with Crippen LogP contribution in [-0.2, 0) is 0 Å². The highest BCUT2D eigenvalue weighted by Gasteiger charge is 2.21. The van der Waals surface area contributed by atoms with E-state index in [9.17, 15) is 14.5 Å². The van der Waals surface area contributed by atoms with Crippen molar-refractivity contribution in [2.45, 2.75) is 19.3 Å². The van der Waals surface area contributed by atoms with Gasteiger partial charge in [-0.1, -0.05) is 6.42 Å². The molecule has 1 saturated carbocycles. The lowest BCUT2D eigenvalue weighted by Crippen LogP contribution is -2.19. The molecule has 0 spiro atoms. The van der Waals surface area contributed by atoms with Crippen molar-refractivity contribution in [3.05, 3.63) is 34.1 Å². The van der Waals surface area contributed by atoms with E-state index in [2.05, 4.69) is 0 Å². The highest BCUT2D eigenvalue weighted by molar-refractivity contribution is 5.46. The Morgan fingerprint density at radius 3 is 2.81 bits per heavy atom. The molecular weight excluding hydrogens is 213 g/mol. The Kier molecular flexibility index (Phi) is 3.03. The summed E-state index contributed by atoms with van der Waals surface area (Å²) >= 11 is 0. The summed E-state index contributed by atoms with van der Waals surface area (Å²) < 4.78 is 18.2. The molecule has 5 heteroatoms. The molecule has 0 bridgehead atoms. The zero-order valence-corrected chi connectivity index (χ0v) is 8.69. The van der Waals surface area contributed by atoms with Crippen molar-refractivity contribution in [3.63, 3.8) is 0 Å². The van der Waals surface area contributed by atoms with E-state index in [4.69, 9.17) is 4.74 Å². The van der Waals surface area contributed by atoms with Crippen LogP contribution in [0.5, 0.6) is 5.75 Å². The maximum Gasteiger partial charge on any atom is 0.313 e. The lowest BCUT2D eigenvalue weighted by atomic mass is 9.86. The quantitative estimate of drug-likeness (QED) is 0.584. The second-order valence-corrected chi connectivity index (χ2v) is 3.98. The van der Waals surface area contributed by atoms with Gasteiger partial charge in [0, 0.05) is 0 Å². The molecule has 0 unspecified atom stereocenters. The second kappa shape index (κ2) is 4.47. The molecule has 0 amide bonds. The van der Waals surface area contributed by atoms with Crippen molar-refractivity contribution in [1.82, 2.24) is 0 Å². The minimum absolute atomic E-state index is 0.151. The first-order chi connectivity index (χ1) is 7.66. The summed E-state index contributed by atoms with van der Waals surface area (Å²) in [5.74, 6) is 0.0191. The molecule has 16 heavy (non-hydrogen) atoms. The molecule has 0 radical (unpaired) electrons. The minimum Gasteiger partial charge on any atom is -0.487 e. The van der Waals surface area contributed by atoms with Gasteiger partial charge in [0.1, 0.15) is 5.82 Å². The lowest BCUT2D eigenvalue weighted by molar-refractivity contribution is -0.386. The molecule has 1 aliphatic rings. The minimum atomic E-state index is -0.626. The van der Waals surface area contributed by atoms with Gasteiger partial charge in [-0.05, 0) is 30.9 Å². The van der Waals surface area contributed by atoms with Crippen molar-refractivity contribution >= 4 is 5.69 Å². The Hall–Kier alpha value is -1.65. The summed E-state index contributed by atoms with van der Waals surface area (Å²) in [7, 11) is 0. The summed E-state index contributed by atoms with van der Waals surface area (Å²) in [6, 6.07) is 3.37. The van der Waals surface area contributed by atoms with Gasteiger partial charge in [-0.3, -0.25) is 10.1 Å². The predicted molar refractivity (Wildman–Crippen MR) is 55.9 cm³/mol. The number of ether oxygens (including phenoxy) is 1. The molecule has 1 aliphatic carbocycles. The summed E-state index contributed by atoms with van der Waals surface area (Å²) in [6.45, 7) is 0.479. The van der Waals surface area contributed by atoms with Crippen LogP contribution in [0, 0.1) is 21.8 Å². The third-order valence-corrected chi connectivity index (χ3v) is 2.82. The topological polar surface area (TPSA) is 52.4 Å². The van der Waals surface area contributed by atoms with Gasteiger partial charge in [-0.25, -0.2) is 4.39 Å². The van der Waals surface area contributed by atoms with Gasteiger partial charge in [-0.2, -0.15) is 0 Å². The fourth-order valence-electron chi connectivity index (χ4n) is 1.62. The predicted octanol–water partition coefficient (Wildman–Crippen LogP) is 2.91. The van der Waals surface area contributed by atoms with E-state index < -0.39 is 10.7 Å². The molecule has 0 N–H and O–H groups in total. The zero-order valence-electron chi connectivity index (χ0n) is 8.69. The van der Waals surface area contributed by atoms with Gasteiger partial charge in [0.25, 0.3) is 0 Å². The zero-order chi connectivity index (χ0) is 11.5. The maximum absolute atomic E-state index is 12.8. The molecule has 1 aromatic carbocycles. The van der Waals surface area contributed by atoms with E-state index >= 15 is 0 Å². The number of nitrogens with zero attached hydrogens (tertiary/aromatic N) is 1. The first kappa shape index (κ1) is 10.9. The van der Waals surface area contributed by atoms with Crippen LogP contribution in [0.3, 0.4) is 0 Å². The van der Waals surface area contributed by atoms with Crippen molar-refractivity contribution in [2.75, 3.05) is 6.61 Å².